The van der Waals surface area contributed by atoms with E-state index in [1.54, 1.807) is 0 Å². The number of carbonyl (C=O) groups excluding carboxylic acids is 1. The highest BCUT2D eigenvalue weighted by molar-refractivity contribution is 6.08. The van der Waals surface area contributed by atoms with Crippen molar-refractivity contribution in [3.8, 4) is 0 Å². The molecule has 2 aliphatic heterocycles. The van der Waals surface area contributed by atoms with Crippen molar-refractivity contribution in [3.05, 3.63) is 0 Å². The van der Waals surface area contributed by atoms with Gasteiger partial charge in [0.25, 0.3) is 5.91 Å². The third kappa shape index (κ3) is 3.40. The zero-order valence-corrected chi connectivity index (χ0v) is 15.9. The molecule has 1 spiro atoms. The largest absolute Gasteiger partial charge is 0.300 e. The van der Waals surface area contributed by atoms with Gasteiger partial charge in [-0.1, -0.05) is 32.6 Å². The van der Waals surface area contributed by atoms with Crippen LogP contribution in [0.4, 0.5) is 0 Å². The standard InChI is InChI=1S/C20H35N3O/c1-4-5-11-18-21-20(19(24)23(18)16(2)3)12-14-22(15-13-20)17-9-7-6-8-10-17/h16-17H,4-15H2,1-3H3. The van der Waals surface area contributed by atoms with Gasteiger partial charge in [0.05, 0.1) is 0 Å². The van der Waals surface area contributed by atoms with Gasteiger partial charge in [0.2, 0.25) is 0 Å². The summed E-state index contributed by atoms with van der Waals surface area (Å²) in [4.78, 5) is 22.9. The number of piperidine rings is 1. The Hall–Kier alpha value is -0.900. The lowest BCUT2D eigenvalue weighted by atomic mass is 9.85. The molecule has 1 saturated heterocycles. The molecule has 3 aliphatic rings. The second kappa shape index (κ2) is 7.55. The fourth-order valence-electron chi connectivity index (χ4n) is 4.76. The molecular formula is C20H35N3O. The van der Waals surface area contributed by atoms with Crippen LogP contribution >= 0.6 is 0 Å². The van der Waals surface area contributed by atoms with Crippen molar-refractivity contribution in [2.75, 3.05) is 13.1 Å². The summed E-state index contributed by atoms with van der Waals surface area (Å²) in [6.07, 6.45) is 11.9. The number of carbonyl (C=O) groups is 1. The minimum atomic E-state index is -0.432. The average Bonchev–Trinajstić information content (AvgIpc) is 2.86. The zero-order valence-electron chi connectivity index (χ0n) is 15.9. The van der Waals surface area contributed by atoms with Crippen LogP contribution in [0.3, 0.4) is 0 Å². The van der Waals surface area contributed by atoms with E-state index >= 15 is 0 Å². The summed E-state index contributed by atoms with van der Waals surface area (Å²) >= 11 is 0. The third-order valence-corrected chi connectivity index (χ3v) is 6.22. The molecule has 136 valence electrons. The Bertz CT molecular complexity index is 471. The van der Waals surface area contributed by atoms with Crippen molar-refractivity contribution in [3.63, 3.8) is 0 Å². The van der Waals surface area contributed by atoms with Crippen LogP contribution in [-0.2, 0) is 4.79 Å². The van der Waals surface area contributed by atoms with Gasteiger partial charge in [-0.15, -0.1) is 0 Å². The van der Waals surface area contributed by atoms with E-state index in [0.29, 0.717) is 0 Å². The van der Waals surface area contributed by atoms with Crippen molar-refractivity contribution in [2.24, 2.45) is 4.99 Å². The average molecular weight is 334 g/mol. The number of likely N-dealkylation sites (tertiary alicyclic amines) is 1. The summed E-state index contributed by atoms with van der Waals surface area (Å²) in [5.41, 5.74) is -0.432. The van der Waals surface area contributed by atoms with Gasteiger partial charge in [-0.2, -0.15) is 0 Å². The maximum Gasteiger partial charge on any atom is 0.256 e. The highest BCUT2D eigenvalue weighted by Crippen LogP contribution is 2.37. The van der Waals surface area contributed by atoms with Crippen molar-refractivity contribution >= 4 is 11.7 Å². The molecular weight excluding hydrogens is 298 g/mol. The fraction of sp³-hybridized carbons (Fsp3) is 0.900. The minimum Gasteiger partial charge on any atom is -0.300 e. The molecule has 4 heteroatoms. The molecule has 1 amide bonds. The quantitative estimate of drug-likeness (QED) is 0.762. The third-order valence-electron chi connectivity index (χ3n) is 6.22. The summed E-state index contributed by atoms with van der Waals surface area (Å²) in [7, 11) is 0. The van der Waals surface area contributed by atoms with Gasteiger partial charge in [-0.05, 0) is 46.0 Å². The summed E-state index contributed by atoms with van der Waals surface area (Å²) in [6.45, 7) is 8.54. The van der Waals surface area contributed by atoms with Crippen LogP contribution in [0, 0.1) is 0 Å². The first kappa shape index (κ1) is 17.9. The number of hydrogen-bond acceptors (Lipinski definition) is 3. The lowest BCUT2D eigenvalue weighted by molar-refractivity contribution is -0.134. The Labute approximate surface area is 147 Å². The van der Waals surface area contributed by atoms with Gasteiger partial charge in [0.1, 0.15) is 11.4 Å². The van der Waals surface area contributed by atoms with Crippen molar-refractivity contribution in [1.82, 2.24) is 9.80 Å². The van der Waals surface area contributed by atoms with Crippen LogP contribution < -0.4 is 0 Å². The first-order valence-electron chi connectivity index (χ1n) is 10.2. The SMILES string of the molecule is CCCCC1=NC2(CCN(C3CCCCC3)CC2)C(=O)N1C(C)C. The van der Waals surface area contributed by atoms with E-state index in [2.05, 4.69) is 25.7 Å². The lowest BCUT2D eigenvalue weighted by Gasteiger charge is -2.41. The van der Waals surface area contributed by atoms with Crippen LogP contribution in [-0.4, -0.2) is 52.3 Å². The molecule has 0 aromatic heterocycles. The van der Waals surface area contributed by atoms with Gasteiger partial charge in [-0.3, -0.25) is 14.7 Å². The summed E-state index contributed by atoms with van der Waals surface area (Å²) in [5, 5.41) is 0. The van der Waals surface area contributed by atoms with Gasteiger partial charge in [-0.25, -0.2) is 0 Å². The Kier molecular flexibility index (Phi) is 5.63. The Morgan fingerprint density at radius 2 is 1.83 bits per heavy atom. The van der Waals surface area contributed by atoms with Crippen LogP contribution in [0.5, 0.6) is 0 Å². The molecule has 1 aliphatic carbocycles. The molecule has 2 heterocycles. The van der Waals surface area contributed by atoms with E-state index in [1.807, 2.05) is 4.90 Å². The monoisotopic (exact) mass is 333 g/mol. The number of unbranched alkanes of at least 4 members (excludes halogenated alkanes) is 1. The van der Waals surface area contributed by atoms with E-state index in [9.17, 15) is 4.79 Å². The first-order valence-corrected chi connectivity index (χ1v) is 10.2. The van der Waals surface area contributed by atoms with Crippen molar-refractivity contribution in [1.29, 1.82) is 0 Å². The Balaban J connectivity index is 1.69. The molecule has 2 fully saturated rings. The molecule has 24 heavy (non-hydrogen) atoms. The molecule has 0 radical (unpaired) electrons. The number of amidine groups is 1. The number of aliphatic imine (C=N–C) groups is 1. The highest BCUT2D eigenvalue weighted by atomic mass is 16.2. The minimum absolute atomic E-state index is 0.226. The molecule has 0 unspecified atom stereocenters. The van der Waals surface area contributed by atoms with Crippen LogP contribution in [0.1, 0.15) is 85.0 Å². The summed E-state index contributed by atoms with van der Waals surface area (Å²) in [5.74, 6) is 1.34. The molecule has 4 nitrogen and oxygen atoms in total. The van der Waals surface area contributed by atoms with Crippen molar-refractivity contribution in [2.45, 2.75) is 103 Å². The molecule has 0 aromatic rings. The molecule has 0 atom stereocenters. The topological polar surface area (TPSA) is 35.9 Å². The van der Waals surface area contributed by atoms with E-state index in [4.69, 9.17) is 4.99 Å². The summed E-state index contributed by atoms with van der Waals surface area (Å²) in [6, 6.07) is 0.987. The van der Waals surface area contributed by atoms with Gasteiger partial charge >= 0.3 is 0 Å². The van der Waals surface area contributed by atoms with Crippen LogP contribution in [0.15, 0.2) is 4.99 Å². The first-order chi connectivity index (χ1) is 11.6. The fourth-order valence-corrected chi connectivity index (χ4v) is 4.76. The second-order valence-corrected chi connectivity index (χ2v) is 8.26. The van der Waals surface area contributed by atoms with E-state index in [0.717, 1.165) is 57.1 Å². The van der Waals surface area contributed by atoms with E-state index in [1.165, 1.54) is 32.1 Å². The smallest absolute Gasteiger partial charge is 0.256 e. The van der Waals surface area contributed by atoms with Gasteiger partial charge in [0, 0.05) is 31.6 Å². The van der Waals surface area contributed by atoms with Gasteiger partial charge in [0.15, 0.2) is 0 Å². The molecule has 0 N–H and O–H groups in total. The number of nitrogens with zero attached hydrogens (tertiary/aromatic N) is 3. The normalized spacial score (nSPS) is 25.8. The number of hydrogen-bond donors (Lipinski definition) is 0. The Morgan fingerprint density at radius 1 is 1.17 bits per heavy atom. The summed E-state index contributed by atoms with van der Waals surface area (Å²) < 4.78 is 0. The zero-order chi connectivity index (χ0) is 17.2. The van der Waals surface area contributed by atoms with E-state index < -0.39 is 5.54 Å². The van der Waals surface area contributed by atoms with Crippen molar-refractivity contribution < 1.29 is 4.79 Å². The second-order valence-electron chi connectivity index (χ2n) is 8.26. The molecule has 1 saturated carbocycles. The highest BCUT2D eigenvalue weighted by Gasteiger charge is 2.50. The predicted molar refractivity (Wildman–Crippen MR) is 99.4 cm³/mol. The van der Waals surface area contributed by atoms with E-state index in [-0.39, 0.29) is 11.9 Å². The molecule has 0 bridgehead atoms. The lowest BCUT2D eigenvalue weighted by Crippen LogP contribution is -2.53. The number of rotatable bonds is 5. The maximum absolute atomic E-state index is 13.2. The Morgan fingerprint density at radius 3 is 2.42 bits per heavy atom. The molecule has 3 rings (SSSR count). The molecule has 0 aromatic carbocycles. The maximum atomic E-state index is 13.2. The number of amides is 1. The van der Waals surface area contributed by atoms with Gasteiger partial charge < -0.3 is 4.90 Å². The predicted octanol–water partition coefficient (Wildman–Crippen LogP) is 3.99. The van der Waals surface area contributed by atoms with Crippen LogP contribution in [0.25, 0.3) is 0 Å². The van der Waals surface area contributed by atoms with Crippen LogP contribution in [0.2, 0.25) is 0 Å².